The number of nitrogens with zero attached hydrogens (tertiary/aromatic N) is 1. The maximum atomic E-state index is 12.0. The van der Waals surface area contributed by atoms with E-state index >= 15 is 0 Å². The van der Waals surface area contributed by atoms with Gasteiger partial charge in [0, 0.05) is 18.5 Å². The van der Waals surface area contributed by atoms with E-state index in [0.29, 0.717) is 24.2 Å². The Balaban J connectivity index is 1.66. The first kappa shape index (κ1) is 12.7. The number of aromatic nitrogens is 2. The summed E-state index contributed by atoms with van der Waals surface area (Å²) in [4.78, 5) is 30.5. The van der Waals surface area contributed by atoms with E-state index < -0.39 is 0 Å². The van der Waals surface area contributed by atoms with Crippen molar-refractivity contribution in [1.29, 1.82) is 0 Å². The van der Waals surface area contributed by atoms with Gasteiger partial charge in [0.25, 0.3) is 11.5 Å². The van der Waals surface area contributed by atoms with Crippen molar-refractivity contribution in [2.24, 2.45) is 5.92 Å². The van der Waals surface area contributed by atoms with Gasteiger partial charge in [-0.1, -0.05) is 0 Å². The maximum Gasteiger partial charge on any atom is 0.270 e. The molecule has 1 aliphatic carbocycles. The average molecular weight is 279 g/mol. The van der Waals surface area contributed by atoms with Crippen LogP contribution < -0.4 is 10.9 Å². The van der Waals surface area contributed by atoms with Crippen LogP contribution in [0.15, 0.2) is 10.9 Å². The van der Waals surface area contributed by atoms with E-state index in [9.17, 15) is 9.59 Å². The van der Waals surface area contributed by atoms with Crippen LogP contribution in [-0.2, 0) is 0 Å². The van der Waals surface area contributed by atoms with Gasteiger partial charge >= 0.3 is 0 Å². The van der Waals surface area contributed by atoms with Gasteiger partial charge in [-0.3, -0.25) is 9.59 Å². The number of thioether (sulfide) groups is 1. The predicted molar refractivity (Wildman–Crippen MR) is 74.6 cm³/mol. The largest absolute Gasteiger partial charge is 0.350 e. The molecule has 5 nitrogen and oxygen atoms in total. The van der Waals surface area contributed by atoms with Crippen molar-refractivity contribution in [3.63, 3.8) is 0 Å². The summed E-state index contributed by atoms with van der Waals surface area (Å²) in [6.45, 7) is 0.680. The minimum Gasteiger partial charge on any atom is -0.350 e. The van der Waals surface area contributed by atoms with Crippen LogP contribution in [0.25, 0.3) is 0 Å². The Bertz CT molecular complexity index is 533. The zero-order chi connectivity index (χ0) is 13.2. The van der Waals surface area contributed by atoms with Crippen molar-refractivity contribution in [2.45, 2.75) is 25.2 Å². The maximum absolute atomic E-state index is 12.0. The fraction of sp³-hybridized carbons (Fsp3) is 0.615. The highest BCUT2D eigenvalue weighted by atomic mass is 32.2. The minimum atomic E-state index is -0.238. The minimum absolute atomic E-state index is 0.232. The molecule has 1 saturated heterocycles. The molecule has 0 aromatic carbocycles. The molecule has 0 bridgehead atoms. The van der Waals surface area contributed by atoms with E-state index in [1.54, 1.807) is 0 Å². The molecule has 1 saturated carbocycles. The second-order valence-corrected chi connectivity index (χ2v) is 6.38. The van der Waals surface area contributed by atoms with Gasteiger partial charge in [-0.2, -0.15) is 11.8 Å². The second kappa shape index (κ2) is 5.36. The molecule has 1 aromatic heterocycles. The van der Waals surface area contributed by atoms with Crippen LogP contribution in [0, 0.1) is 5.92 Å². The molecule has 1 atom stereocenters. The Hall–Kier alpha value is -1.30. The van der Waals surface area contributed by atoms with E-state index in [2.05, 4.69) is 15.3 Å². The molecule has 2 N–H and O–H groups in total. The van der Waals surface area contributed by atoms with Gasteiger partial charge in [-0.05, 0) is 36.7 Å². The SMILES string of the molecule is O=C(NCC1CCSC1)c1cc(=O)[nH]c(C2CC2)n1. The number of amides is 1. The smallest absolute Gasteiger partial charge is 0.270 e. The summed E-state index contributed by atoms with van der Waals surface area (Å²) >= 11 is 1.92. The molecule has 2 fully saturated rings. The van der Waals surface area contributed by atoms with Crippen LogP contribution in [0.4, 0.5) is 0 Å². The fourth-order valence-electron chi connectivity index (χ4n) is 2.21. The highest BCUT2D eigenvalue weighted by Crippen LogP contribution is 2.37. The summed E-state index contributed by atoms with van der Waals surface area (Å²) in [5.41, 5.74) is 0.00905. The van der Waals surface area contributed by atoms with Crippen LogP contribution in [0.2, 0.25) is 0 Å². The lowest BCUT2D eigenvalue weighted by Gasteiger charge is -2.09. The lowest BCUT2D eigenvalue weighted by atomic mass is 10.1. The third-order valence-electron chi connectivity index (χ3n) is 3.53. The van der Waals surface area contributed by atoms with Gasteiger partial charge in [-0.15, -0.1) is 0 Å². The Morgan fingerprint density at radius 3 is 3.00 bits per heavy atom. The average Bonchev–Trinajstić information content (AvgIpc) is 3.13. The first-order valence-electron chi connectivity index (χ1n) is 6.69. The van der Waals surface area contributed by atoms with Crippen molar-refractivity contribution >= 4 is 17.7 Å². The molecule has 3 rings (SSSR count). The Kier molecular flexibility index (Phi) is 3.59. The molecule has 1 amide bonds. The molecule has 1 unspecified atom stereocenters. The zero-order valence-electron chi connectivity index (χ0n) is 10.6. The first-order chi connectivity index (χ1) is 9.22. The Morgan fingerprint density at radius 2 is 2.32 bits per heavy atom. The van der Waals surface area contributed by atoms with E-state index in [1.807, 2.05) is 11.8 Å². The molecule has 0 spiro atoms. The van der Waals surface area contributed by atoms with Crippen LogP contribution in [-0.4, -0.2) is 33.9 Å². The summed E-state index contributed by atoms with van der Waals surface area (Å²) in [7, 11) is 0. The van der Waals surface area contributed by atoms with Gasteiger partial charge < -0.3 is 10.3 Å². The van der Waals surface area contributed by atoms with Gasteiger partial charge in [0.2, 0.25) is 0 Å². The third kappa shape index (κ3) is 3.18. The van der Waals surface area contributed by atoms with Crippen molar-refractivity contribution < 1.29 is 4.79 Å². The highest BCUT2D eigenvalue weighted by molar-refractivity contribution is 7.99. The quantitative estimate of drug-likeness (QED) is 0.866. The van der Waals surface area contributed by atoms with Gasteiger partial charge in [0.1, 0.15) is 11.5 Å². The van der Waals surface area contributed by atoms with Crippen LogP contribution >= 0.6 is 11.8 Å². The Labute approximate surface area is 115 Å². The number of rotatable bonds is 4. The van der Waals surface area contributed by atoms with Gasteiger partial charge in [0.15, 0.2) is 0 Å². The highest BCUT2D eigenvalue weighted by Gasteiger charge is 2.27. The molecule has 1 aliphatic heterocycles. The van der Waals surface area contributed by atoms with Crippen molar-refractivity contribution in [3.05, 3.63) is 27.9 Å². The van der Waals surface area contributed by atoms with Gasteiger partial charge in [0.05, 0.1) is 0 Å². The normalized spacial score (nSPS) is 22.4. The van der Waals surface area contributed by atoms with Crippen LogP contribution in [0.3, 0.4) is 0 Å². The van der Waals surface area contributed by atoms with Crippen LogP contribution in [0.5, 0.6) is 0 Å². The standard InChI is InChI=1S/C13H17N3O2S/c17-11-5-10(15-12(16-11)9-1-2-9)13(18)14-6-8-3-4-19-7-8/h5,8-9H,1-4,6-7H2,(H,14,18)(H,15,16,17). The lowest BCUT2D eigenvalue weighted by Crippen LogP contribution is -2.31. The van der Waals surface area contributed by atoms with Crippen molar-refractivity contribution in [1.82, 2.24) is 15.3 Å². The zero-order valence-corrected chi connectivity index (χ0v) is 11.5. The number of aromatic amines is 1. The molecule has 19 heavy (non-hydrogen) atoms. The number of carbonyl (C=O) groups excluding carboxylic acids is 1. The molecule has 102 valence electrons. The molecule has 6 heteroatoms. The molecule has 1 aromatic rings. The number of carbonyl (C=O) groups is 1. The fourth-order valence-corrected chi connectivity index (χ4v) is 3.50. The topological polar surface area (TPSA) is 74.8 Å². The van der Waals surface area contributed by atoms with Crippen molar-refractivity contribution in [3.8, 4) is 0 Å². The number of hydrogen-bond donors (Lipinski definition) is 2. The number of H-pyrrole nitrogens is 1. The summed E-state index contributed by atoms with van der Waals surface area (Å²) in [5, 5.41) is 2.89. The first-order valence-corrected chi connectivity index (χ1v) is 7.85. The molecule has 2 heterocycles. The molecule has 0 radical (unpaired) electrons. The molecule has 2 aliphatic rings. The van der Waals surface area contributed by atoms with Crippen LogP contribution in [0.1, 0.15) is 41.5 Å². The summed E-state index contributed by atoms with van der Waals surface area (Å²) in [6, 6.07) is 1.28. The monoisotopic (exact) mass is 279 g/mol. The number of nitrogens with one attached hydrogen (secondary N) is 2. The predicted octanol–water partition coefficient (Wildman–Crippen LogP) is 1.13. The summed E-state index contributed by atoms with van der Waals surface area (Å²) < 4.78 is 0. The van der Waals surface area contributed by atoms with E-state index in [1.165, 1.54) is 11.8 Å². The molecular formula is C13H17N3O2S. The van der Waals surface area contributed by atoms with Crippen molar-refractivity contribution in [2.75, 3.05) is 18.1 Å². The van der Waals surface area contributed by atoms with E-state index in [4.69, 9.17) is 0 Å². The Morgan fingerprint density at radius 1 is 1.47 bits per heavy atom. The third-order valence-corrected chi connectivity index (χ3v) is 4.76. The number of hydrogen-bond acceptors (Lipinski definition) is 4. The second-order valence-electron chi connectivity index (χ2n) is 5.23. The lowest BCUT2D eigenvalue weighted by molar-refractivity contribution is 0.0943. The van der Waals surface area contributed by atoms with E-state index in [-0.39, 0.29) is 17.2 Å². The molecular weight excluding hydrogens is 262 g/mol. The van der Waals surface area contributed by atoms with E-state index in [0.717, 1.165) is 25.0 Å². The summed E-state index contributed by atoms with van der Waals surface area (Å²) in [5.74, 6) is 3.61. The van der Waals surface area contributed by atoms with Gasteiger partial charge in [-0.25, -0.2) is 4.98 Å². The summed E-state index contributed by atoms with van der Waals surface area (Å²) in [6.07, 6.45) is 3.25.